The number of hydrogen-bond donors (Lipinski definition) is 0. The zero-order chi connectivity index (χ0) is 9.45. The second kappa shape index (κ2) is 6.28. The predicted molar refractivity (Wildman–Crippen MR) is 57.4 cm³/mol. The van der Waals surface area contributed by atoms with Crippen molar-refractivity contribution in [1.82, 2.24) is 0 Å². The minimum atomic E-state index is 0.484. The molecular formula is C12H24. The summed E-state index contributed by atoms with van der Waals surface area (Å²) < 4.78 is 0. The molecule has 1 fully saturated rings. The van der Waals surface area contributed by atoms with Gasteiger partial charge in [0, 0.05) is 0 Å². The summed E-state index contributed by atoms with van der Waals surface area (Å²) in [7, 11) is 0. The van der Waals surface area contributed by atoms with Crippen molar-refractivity contribution in [3.05, 3.63) is 12.7 Å². The molecule has 0 heteroatoms. The van der Waals surface area contributed by atoms with Gasteiger partial charge >= 0.3 is 0 Å². The molecule has 0 bridgehead atoms. The molecule has 0 amide bonds. The van der Waals surface area contributed by atoms with E-state index in [2.05, 4.69) is 33.4 Å². The summed E-state index contributed by atoms with van der Waals surface area (Å²) >= 11 is 0. The molecule has 1 rings (SSSR count). The van der Waals surface area contributed by atoms with Gasteiger partial charge in [-0.3, -0.25) is 0 Å². The molecule has 12 heavy (non-hydrogen) atoms. The average molecular weight is 168 g/mol. The molecule has 0 heterocycles. The normalized spacial score (nSPS) is 20.6. The van der Waals surface area contributed by atoms with Gasteiger partial charge in [-0.15, -0.1) is 6.58 Å². The van der Waals surface area contributed by atoms with Crippen LogP contribution >= 0.6 is 0 Å². The largest absolute Gasteiger partial charge is 0.103 e. The lowest BCUT2D eigenvalue weighted by Gasteiger charge is -2.29. The van der Waals surface area contributed by atoms with Crippen LogP contribution in [-0.2, 0) is 0 Å². The lowest BCUT2D eigenvalue weighted by Crippen LogP contribution is -2.16. The summed E-state index contributed by atoms with van der Waals surface area (Å²) in [6.07, 6.45) is 10.3. The SMILES string of the molecule is C=CC1(C)CCCCC1.CCC. The standard InChI is InChI=1S/C9H16.C3H8/c1-3-9(2)7-5-4-6-8-9;1-3-2/h3H,1,4-8H2,2H3;3H2,1-2H3. The van der Waals surface area contributed by atoms with Crippen LogP contribution in [0.3, 0.4) is 0 Å². The smallest absolute Gasteiger partial charge is 0.0149 e. The van der Waals surface area contributed by atoms with Crippen molar-refractivity contribution >= 4 is 0 Å². The molecule has 0 spiro atoms. The van der Waals surface area contributed by atoms with E-state index in [-0.39, 0.29) is 0 Å². The molecule has 0 nitrogen and oxygen atoms in total. The van der Waals surface area contributed by atoms with Crippen molar-refractivity contribution in [1.29, 1.82) is 0 Å². The van der Waals surface area contributed by atoms with Crippen molar-refractivity contribution < 1.29 is 0 Å². The Morgan fingerprint density at radius 3 is 1.83 bits per heavy atom. The third kappa shape index (κ3) is 4.58. The topological polar surface area (TPSA) is 0 Å². The molecule has 1 aliphatic rings. The Morgan fingerprint density at radius 1 is 1.17 bits per heavy atom. The van der Waals surface area contributed by atoms with Gasteiger partial charge in [0.25, 0.3) is 0 Å². The van der Waals surface area contributed by atoms with E-state index in [1.807, 2.05) is 0 Å². The minimum Gasteiger partial charge on any atom is -0.103 e. The second-order valence-electron chi connectivity index (χ2n) is 4.13. The Bertz CT molecular complexity index is 107. The van der Waals surface area contributed by atoms with Crippen LogP contribution in [-0.4, -0.2) is 0 Å². The molecule has 0 radical (unpaired) electrons. The first-order valence-corrected chi connectivity index (χ1v) is 5.32. The van der Waals surface area contributed by atoms with Crippen LogP contribution in [0.1, 0.15) is 59.3 Å². The van der Waals surface area contributed by atoms with Gasteiger partial charge in [-0.25, -0.2) is 0 Å². The maximum Gasteiger partial charge on any atom is -0.0149 e. The first-order valence-electron chi connectivity index (χ1n) is 5.32. The first kappa shape index (κ1) is 11.7. The first-order chi connectivity index (χ1) is 5.68. The van der Waals surface area contributed by atoms with E-state index in [0.29, 0.717) is 5.41 Å². The van der Waals surface area contributed by atoms with Gasteiger partial charge in [-0.2, -0.15) is 0 Å². The molecule has 0 aromatic carbocycles. The van der Waals surface area contributed by atoms with Crippen molar-refractivity contribution in [2.24, 2.45) is 5.41 Å². The number of hydrogen-bond acceptors (Lipinski definition) is 0. The van der Waals surface area contributed by atoms with Gasteiger partial charge in [0.15, 0.2) is 0 Å². The third-order valence-electron chi connectivity index (χ3n) is 2.49. The second-order valence-corrected chi connectivity index (χ2v) is 4.13. The molecule has 0 atom stereocenters. The van der Waals surface area contributed by atoms with Crippen LogP contribution in [0.25, 0.3) is 0 Å². The van der Waals surface area contributed by atoms with E-state index in [9.17, 15) is 0 Å². The van der Waals surface area contributed by atoms with Gasteiger partial charge < -0.3 is 0 Å². The lowest BCUT2D eigenvalue weighted by atomic mass is 9.76. The van der Waals surface area contributed by atoms with E-state index >= 15 is 0 Å². The highest BCUT2D eigenvalue weighted by molar-refractivity contribution is 4.92. The van der Waals surface area contributed by atoms with Crippen molar-refractivity contribution in [3.8, 4) is 0 Å². The summed E-state index contributed by atoms with van der Waals surface area (Å²) in [4.78, 5) is 0. The van der Waals surface area contributed by atoms with Gasteiger partial charge in [0.05, 0.1) is 0 Å². The van der Waals surface area contributed by atoms with Crippen molar-refractivity contribution in [2.45, 2.75) is 59.3 Å². The van der Waals surface area contributed by atoms with Crippen LogP contribution in [0.4, 0.5) is 0 Å². The summed E-state index contributed by atoms with van der Waals surface area (Å²) in [5.74, 6) is 0. The fraction of sp³-hybridized carbons (Fsp3) is 0.833. The average Bonchev–Trinajstić information content (AvgIpc) is 2.07. The van der Waals surface area contributed by atoms with Crippen molar-refractivity contribution in [2.75, 3.05) is 0 Å². The van der Waals surface area contributed by atoms with Gasteiger partial charge in [-0.05, 0) is 18.3 Å². The number of rotatable bonds is 1. The van der Waals surface area contributed by atoms with Crippen LogP contribution in [0.15, 0.2) is 12.7 Å². The van der Waals surface area contributed by atoms with E-state index < -0.39 is 0 Å². The lowest BCUT2D eigenvalue weighted by molar-refractivity contribution is 0.286. The maximum absolute atomic E-state index is 3.86. The zero-order valence-corrected chi connectivity index (χ0v) is 9.03. The van der Waals surface area contributed by atoms with Gasteiger partial charge in [-0.1, -0.05) is 52.5 Å². The molecule has 1 aliphatic carbocycles. The molecule has 0 saturated heterocycles. The Hall–Kier alpha value is -0.260. The fourth-order valence-electron chi connectivity index (χ4n) is 1.56. The fourth-order valence-corrected chi connectivity index (χ4v) is 1.56. The van der Waals surface area contributed by atoms with Gasteiger partial charge in [0.2, 0.25) is 0 Å². The Balaban J connectivity index is 0.000000354. The third-order valence-corrected chi connectivity index (χ3v) is 2.49. The van der Waals surface area contributed by atoms with E-state index in [4.69, 9.17) is 0 Å². The van der Waals surface area contributed by atoms with Crippen LogP contribution in [0.2, 0.25) is 0 Å². The summed E-state index contributed by atoms with van der Waals surface area (Å²) in [6, 6.07) is 0. The molecule has 1 saturated carbocycles. The Morgan fingerprint density at radius 2 is 1.58 bits per heavy atom. The molecule has 0 aromatic heterocycles. The molecule has 0 N–H and O–H groups in total. The predicted octanol–water partition coefficient (Wildman–Crippen LogP) is 4.56. The van der Waals surface area contributed by atoms with E-state index in [1.165, 1.54) is 38.5 Å². The van der Waals surface area contributed by atoms with Crippen LogP contribution < -0.4 is 0 Å². The Labute approximate surface area is 78.1 Å². The summed E-state index contributed by atoms with van der Waals surface area (Å²) in [5, 5.41) is 0. The van der Waals surface area contributed by atoms with Crippen LogP contribution in [0, 0.1) is 5.41 Å². The molecule has 0 aromatic rings. The minimum absolute atomic E-state index is 0.484. The highest BCUT2D eigenvalue weighted by Gasteiger charge is 2.22. The molecule has 0 unspecified atom stereocenters. The summed E-state index contributed by atoms with van der Waals surface area (Å²) in [6.45, 7) is 10.4. The quantitative estimate of drug-likeness (QED) is 0.503. The molecule has 0 aliphatic heterocycles. The zero-order valence-electron chi connectivity index (χ0n) is 9.03. The van der Waals surface area contributed by atoms with Crippen LogP contribution in [0.5, 0.6) is 0 Å². The Kier molecular flexibility index (Phi) is 6.14. The van der Waals surface area contributed by atoms with Crippen molar-refractivity contribution in [3.63, 3.8) is 0 Å². The van der Waals surface area contributed by atoms with E-state index in [1.54, 1.807) is 0 Å². The highest BCUT2D eigenvalue weighted by atomic mass is 14.3. The van der Waals surface area contributed by atoms with Gasteiger partial charge in [0.1, 0.15) is 0 Å². The maximum atomic E-state index is 3.86. The monoisotopic (exact) mass is 168 g/mol. The molecule has 72 valence electrons. The molecular weight excluding hydrogens is 144 g/mol. The summed E-state index contributed by atoms with van der Waals surface area (Å²) in [5.41, 5.74) is 0.484. The van der Waals surface area contributed by atoms with E-state index in [0.717, 1.165) is 0 Å². The highest BCUT2D eigenvalue weighted by Crippen LogP contribution is 2.36. The number of allylic oxidation sites excluding steroid dienone is 1.